The van der Waals surface area contributed by atoms with E-state index >= 15 is 0 Å². The van der Waals surface area contributed by atoms with E-state index in [0.29, 0.717) is 43.4 Å². The molecule has 10 atom stereocenters. The van der Waals surface area contributed by atoms with E-state index < -0.39 is 0 Å². The van der Waals surface area contributed by atoms with Crippen LogP contribution in [0.5, 0.6) is 0 Å². The normalized spacial score (nSPS) is 40.8. The van der Waals surface area contributed by atoms with Crippen LogP contribution in [0.1, 0.15) is 106 Å². The first-order valence-corrected chi connectivity index (χ1v) is 15.0. The van der Waals surface area contributed by atoms with Crippen molar-refractivity contribution in [2.45, 2.75) is 118 Å². The number of hydrogen-bond donors (Lipinski definition) is 1. The van der Waals surface area contributed by atoms with Crippen LogP contribution in [-0.2, 0) is 28.7 Å². The van der Waals surface area contributed by atoms with Gasteiger partial charge in [-0.1, -0.05) is 27.7 Å². The van der Waals surface area contributed by atoms with Gasteiger partial charge in [-0.05, 0) is 80.0 Å². The zero-order valence-electron chi connectivity index (χ0n) is 24.3. The van der Waals surface area contributed by atoms with Crippen molar-refractivity contribution in [3.63, 3.8) is 0 Å². The fourth-order valence-electron chi connectivity index (χ4n) is 9.52. The largest absolute Gasteiger partial charge is 0.462 e. The van der Waals surface area contributed by atoms with E-state index in [4.69, 9.17) is 9.47 Å². The molecule has 0 aromatic carbocycles. The SMILES string of the molecule is CCCNC(=O)CCC(C)C1CCC2C3C(C[C@H](OC(C)=O)[C@]12C)[C@@]1(C)CCC(=O)C[C@H]1C[C@H]3OC(C)=O. The zero-order valence-corrected chi connectivity index (χ0v) is 24.3. The van der Waals surface area contributed by atoms with Gasteiger partial charge in [0.25, 0.3) is 0 Å². The summed E-state index contributed by atoms with van der Waals surface area (Å²) in [6.45, 7) is 12.6. The molecule has 0 radical (unpaired) electrons. The number of rotatable bonds is 8. The molecule has 4 fully saturated rings. The van der Waals surface area contributed by atoms with Crippen molar-refractivity contribution in [2.24, 2.45) is 46.3 Å². The first-order valence-electron chi connectivity index (χ1n) is 15.0. The van der Waals surface area contributed by atoms with Crippen molar-refractivity contribution >= 4 is 23.6 Å². The zero-order chi connectivity index (χ0) is 27.8. The topological polar surface area (TPSA) is 98.8 Å². The van der Waals surface area contributed by atoms with Crippen LogP contribution in [-0.4, -0.2) is 42.4 Å². The number of esters is 2. The summed E-state index contributed by atoms with van der Waals surface area (Å²) in [5.41, 5.74) is -0.283. The fraction of sp³-hybridized carbons (Fsp3) is 0.871. The third-order valence-corrected chi connectivity index (χ3v) is 11.3. The molecule has 7 heteroatoms. The molecule has 38 heavy (non-hydrogen) atoms. The van der Waals surface area contributed by atoms with E-state index in [0.717, 1.165) is 44.9 Å². The van der Waals surface area contributed by atoms with Crippen LogP contribution < -0.4 is 5.32 Å². The van der Waals surface area contributed by atoms with E-state index in [9.17, 15) is 19.2 Å². The molecular formula is C31H49NO6. The lowest BCUT2D eigenvalue weighted by molar-refractivity contribution is -0.219. The molecule has 7 nitrogen and oxygen atoms in total. The van der Waals surface area contributed by atoms with Crippen LogP contribution >= 0.6 is 0 Å². The second-order valence-corrected chi connectivity index (χ2v) is 13.4. The summed E-state index contributed by atoms with van der Waals surface area (Å²) in [5, 5.41) is 2.99. The summed E-state index contributed by atoms with van der Waals surface area (Å²) in [6.07, 6.45) is 7.33. The molecule has 0 aliphatic heterocycles. The highest BCUT2D eigenvalue weighted by Crippen LogP contribution is 2.69. The highest BCUT2D eigenvalue weighted by Gasteiger charge is 2.67. The van der Waals surface area contributed by atoms with Gasteiger partial charge >= 0.3 is 11.9 Å². The maximum Gasteiger partial charge on any atom is 0.302 e. The Kier molecular flexibility index (Phi) is 8.64. The van der Waals surface area contributed by atoms with E-state index in [1.54, 1.807) is 0 Å². The summed E-state index contributed by atoms with van der Waals surface area (Å²) in [4.78, 5) is 49.5. The van der Waals surface area contributed by atoms with Crippen molar-refractivity contribution in [2.75, 3.05) is 6.54 Å². The Labute approximate surface area is 228 Å². The van der Waals surface area contributed by atoms with Crippen LogP contribution in [0.15, 0.2) is 0 Å². The molecule has 1 N–H and O–H groups in total. The molecule has 4 aliphatic carbocycles. The predicted molar refractivity (Wildman–Crippen MR) is 144 cm³/mol. The Balaban J connectivity index is 1.66. The van der Waals surface area contributed by atoms with Gasteiger partial charge in [0.1, 0.15) is 18.0 Å². The molecule has 0 spiro atoms. The number of hydrogen-bond acceptors (Lipinski definition) is 6. The van der Waals surface area contributed by atoms with Crippen LogP contribution in [0.4, 0.5) is 0 Å². The molecule has 0 saturated heterocycles. The molecule has 0 aromatic heterocycles. The maximum absolute atomic E-state index is 12.5. The predicted octanol–water partition coefficient (Wildman–Crippen LogP) is 5.24. The van der Waals surface area contributed by atoms with Crippen LogP contribution in [0, 0.1) is 46.3 Å². The summed E-state index contributed by atoms with van der Waals surface area (Å²) >= 11 is 0. The van der Waals surface area contributed by atoms with E-state index in [-0.39, 0.29) is 64.6 Å². The maximum atomic E-state index is 12.5. The molecule has 5 unspecified atom stereocenters. The summed E-state index contributed by atoms with van der Waals surface area (Å²) in [5.74, 6) is 1.38. The van der Waals surface area contributed by atoms with Gasteiger partial charge in [-0.15, -0.1) is 0 Å². The number of carbonyl (C=O) groups is 4. The lowest BCUT2D eigenvalue weighted by Crippen LogP contribution is -2.63. The van der Waals surface area contributed by atoms with E-state index in [2.05, 4.69) is 33.0 Å². The third-order valence-electron chi connectivity index (χ3n) is 11.3. The molecule has 4 saturated carbocycles. The van der Waals surface area contributed by atoms with Crippen LogP contribution in [0.25, 0.3) is 0 Å². The fourth-order valence-corrected chi connectivity index (χ4v) is 9.52. The Morgan fingerprint density at radius 2 is 1.76 bits per heavy atom. The lowest BCUT2D eigenvalue weighted by Gasteiger charge is -2.63. The molecule has 214 valence electrons. The summed E-state index contributed by atoms with van der Waals surface area (Å²) in [6, 6.07) is 0. The lowest BCUT2D eigenvalue weighted by atomic mass is 9.43. The van der Waals surface area contributed by atoms with Gasteiger partial charge in [0, 0.05) is 51.0 Å². The number of ether oxygens (including phenoxy) is 2. The minimum absolute atomic E-state index is 0.0317. The monoisotopic (exact) mass is 531 g/mol. The molecule has 4 aliphatic rings. The molecule has 0 bridgehead atoms. The van der Waals surface area contributed by atoms with Crippen molar-refractivity contribution in [3.05, 3.63) is 0 Å². The average molecular weight is 532 g/mol. The molecule has 1 amide bonds. The third kappa shape index (κ3) is 5.28. The minimum atomic E-state index is -0.260. The van der Waals surface area contributed by atoms with Crippen molar-refractivity contribution in [1.29, 1.82) is 0 Å². The number of nitrogens with one attached hydrogen (secondary N) is 1. The van der Waals surface area contributed by atoms with Gasteiger partial charge < -0.3 is 14.8 Å². The van der Waals surface area contributed by atoms with Gasteiger partial charge in [-0.3, -0.25) is 19.2 Å². The molecule has 4 rings (SSSR count). The highest BCUT2D eigenvalue weighted by atomic mass is 16.5. The molecule has 0 heterocycles. The van der Waals surface area contributed by atoms with Gasteiger partial charge in [0.2, 0.25) is 5.91 Å². The van der Waals surface area contributed by atoms with Gasteiger partial charge in [0.05, 0.1) is 0 Å². The van der Waals surface area contributed by atoms with Crippen molar-refractivity contribution < 1.29 is 28.7 Å². The van der Waals surface area contributed by atoms with Crippen LogP contribution in [0.2, 0.25) is 0 Å². The number of ketones is 1. The minimum Gasteiger partial charge on any atom is -0.462 e. The summed E-state index contributed by atoms with van der Waals surface area (Å²) in [7, 11) is 0. The Bertz CT molecular complexity index is 933. The smallest absolute Gasteiger partial charge is 0.302 e. The van der Waals surface area contributed by atoms with E-state index in [1.165, 1.54) is 13.8 Å². The Hall–Kier alpha value is -1.92. The summed E-state index contributed by atoms with van der Waals surface area (Å²) < 4.78 is 12.2. The standard InChI is InChI=1S/C31H49NO6/c1-7-14-32-28(36)11-8-18(2)23-9-10-24-29-25(17-27(31(23,24)6)38-20(4)34)30(5)13-12-22(35)15-21(30)16-26(29)37-19(3)33/h18,21,23-27,29H,7-17H2,1-6H3,(H,32,36)/t18?,21-,23?,24?,25?,26+,27-,29?,30-,31+/m0/s1. The first-order chi connectivity index (χ1) is 17.9. The quantitative estimate of drug-likeness (QED) is 0.430. The number of Topliss-reactive ketones (excluding diaryl/α,β-unsaturated/α-hetero) is 1. The van der Waals surface area contributed by atoms with Gasteiger partial charge in [-0.25, -0.2) is 0 Å². The van der Waals surface area contributed by atoms with Crippen LogP contribution in [0.3, 0.4) is 0 Å². The van der Waals surface area contributed by atoms with Gasteiger partial charge in [-0.2, -0.15) is 0 Å². The van der Waals surface area contributed by atoms with Gasteiger partial charge in [0.15, 0.2) is 0 Å². The Morgan fingerprint density at radius 3 is 2.42 bits per heavy atom. The first kappa shape index (κ1) is 29.1. The van der Waals surface area contributed by atoms with Crippen molar-refractivity contribution in [1.82, 2.24) is 5.32 Å². The Morgan fingerprint density at radius 1 is 1.05 bits per heavy atom. The van der Waals surface area contributed by atoms with Crippen molar-refractivity contribution in [3.8, 4) is 0 Å². The highest BCUT2D eigenvalue weighted by molar-refractivity contribution is 5.79. The molecular weight excluding hydrogens is 482 g/mol. The second-order valence-electron chi connectivity index (χ2n) is 13.4. The second kappa shape index (κ2) is 11.3. The number of fused-ring (bicyclic) bond motifs is 5. The number of carbonyl (C=O) groups excluding carboxylic acids is 4. The van der Waals surface area contributed by atoms with E-state index in [1.807, 2.05) is 0 Å². The molecule has 0 aromatic rings. The average Bonchev–Trinajstić information content (AvgIpc) is 3.20. The number of amides is 1.